The number of aliphatic hydroxyl groups is 1. The third-order valence-electron chi connectivity index (χ3n) is 4.11. The van der Waals surface area contributed by atoms with Gasteiger partial charge >= 0.3 is 0 Å². The highest BCUT2D eigenvalue weighted by Crippen LogP contribution is 2.35. The first-order chi connectivity index (χ1) is 7.63. The zero-order valence-electron chi connectivity index (χ0n) is 10.5. The monoisotopic (exact) mass is 222 g/mol. The van der Waals surface area contributed by atoms with Gasteiger partial charge in [0.2, 0.25) is 0 Å². The van der Waals surface area contributed by atoms with E-state index in [1.165, 1.54) is 18.5 Å². The molecule has 0 saturated heterocycles. The van der Waals surface area contributed by atoms with Crippen molar-refractivity contribution in [2.24, 2.45) is 5.92 Å². The van der Waals surface area contributed by atoms with Gasteiger partial charge in [-0.3, -0.25) is 0 Å². The number of hydrogen-bond donors (Lipinski definition) is 1. The summed E-state index contributed by atoms with van der Waals surface area (Å²) < 4.78 is 2.17. The lowest BCUT2D eigenvalue weighted by Crippen LogP contribution is -2.31. The highest BCUT2D eigenvalue weighted by Gasteiger charge is 2.30. The van der Waals surface area contributed by atoms with E-state index < -0.39 is 0 Å². The van der Waals surface area contributed by atoms with Crippen molar-refractivity contribution in [2.45, 2.75) is 58.6 Å². The molecule has 3 nitrogen and oxygen atoms in total. The second-order valence-corrected chi connectivity index (χ2v) is 5.04. The van der Waals surface area contributed by atoms with Crippen molar-refractivity contribution >= 4 is 0 Å². The van der Waals surface area contributed by atoms with Crippen molar-refractivity contribution in [3.63, 3.8) is 0 Å². The van der Waals surface area contributed by atoms with Gasteiger partial charge in [-0.15, -0.1) is 0 Å². The quantitative estimate of drug-likeness (QED) is 0.835. The first-order valence-electron chi connectivity index (χ1n) is 6.31. The van der Waals surface area contributed by atoms with Crippen LogP contribution in [0.25, 0.3) is 0 Å². The van der Waals surface area contributed by atoms with Gasteiger partial charge in [-0.05, 0) is 39.0 Å². The van der Waals surface area contributed by atoms with Crippen LogP contribution in [0.15, 0.2) is 6.33 Å². The maximum absolute atomic E-state index is 10.1. The summed E-state index contributed by atoms with van der Waals surface area (Å²) in [5.74, 6) is 0.760. The molecular weight excluding hydrogens is 200 g/mol. The van der Waals surface area contributed by atoms with E-state index in [2.05, 4.69) is 23.4 Å². The van der Waals surface area contributed by atoms with Gasteiger partial charge in [-0.25, -0.2) is 4.98 Å². The predicted molar refractivity (Wildman–Crippen MR) is 64.4 cm³/mol. The number of aromatic nitrogens is 2. The molecule has 0 aliphatic heterocycles. The Hall–Kier alpha value is -0.830. The van der Waals surface area contributed by atoms with Crippen molar-refractivity contribution in [1.82, 2.24) is 9.55 Å². The standard InChI is InChI=1S/C13H22N2O/c1-4-11-5-6-13(16)12(7-11)15-8-14-9(2)10(15)3/h8,11-13,16H,4-7H2,1-3H3. The third-order valence-corrected chi connectivity index (χ3v) is 4.11. The number of aryl methyl sites for hydroxylation is 1. The number of aliphatic hydroxyl groups excluding tert-OH is 1. The molecule has 1 aromatic heterocycles. The fraction of sp³-hybridized carbons (Fsp3) is 0.769. The highest BCUT2D eigenvalue weighted by molar-refractivity contribution is 5.10. The largest absolute Gasteiger partial charge is 0.391 e. The Bertz CT molecular complexity index is 359. The maximum atomic E-state index is 10.1. The van der Waals surface area contributed by atoms with Gasteiger partial charge in [0, 0.05) is 5.69 Å². The van der Waals surface area contributed by atoms with Gasteiger partial charge in [-0.1, -0.05) is 13.3 Å². The van der Waals surface area contributed by atoms with Crippen molar-refractivity contribution in [3.8, 4) is 0 Å². The van der Waals surface area contributed by atoms with E-state index in [0.29, 0.717) is 0 Å². The Labute approximate surface area is 97.5 Å². The molecule has 1 heterocycles. The molecule has 1 aliphatic carbocycles. The Morgan fingerprint density at radius 3 is 2.75 bits per heavy atom. The fourth-order valence-corrected chi connectivity index (χ4v) is 2.74. The summed E-state index contributed by atoms with van der Waals surface area (Å²) in [6.45, 7) is 6.36. The van der Waals surface area contributed by atoms with Crippen LogP contribution in [-0.4, -0.2) is 20.8 Å². The molecule has 2 rings (SSSR count). The Morgan fingerprint density at radius 1 is 1.44 bits per heavy atom. The highest BCUT2D eigenvalue weighted by atomic mass is 16.3. The lowest BCUT2D eigenvalue weighted by atomic mass is 9.82. The summed E-state index contributed by atoms with van der Waals surface area (Å²) in [5, 5.41) is 10.1. The molecule has 0 radical (unpaired) electrons. The topological polar surface area (TPSA) is 38.0 Å². The first kappa shape index (κ1) is 11.6. The molecule has 1 aliphatic rings. The molecule has 1 saturated carbocycles. The van der Waals surface area contributed by atoms with Crippen LogP contribution < -0.4 is 0 Å². The second-order valence-electron chi connectivity index (χ2n) is 5.04. The Kier molecular flexibility index (Phi) is 3.33. The second kappa shape index (κ2) is 4.58. The maximum Gasteiger partial charge on any atom is 0.0954 e. The smallest absolute Gasteiger partial charge is 0.0954 e. The lowest BCUT2D eigenvalue weighted by Gasteiger charge is -2.34. The molecule has 3 unspecified atom stereocenters. The van der Waals surface area contributed by atoms with E-state index in [4.69, 9.17) is 0 Å². The summed E-state index contributed by atoms with van der Waals surface area (Å²) in [4.78, 5) is 4.33. The van der Waals surface area contributed by atoms with E-state index in [1.54, 1.807) is 0 Å². The van der Waals surface area contributed by atoms with Crippen LogP contribution in [0.4, 0.5) is 0 Å². The van der Waals surface area contributed by atoms with E-state index >= 15 is 0 Å². The Morgan fingerprint density at radius 2 is 2.19 bits per heavy atom. The van der Waals surface area contributed by atoms with Crippen LogP contribution in [0, 0.1) is 19.8 Å². The van der Waals surface area contributed by atoms with Gasteiger partial charge in [-0.2, -0.15) is 0 Å². The summed E-state index contributed by atoms with van der Waals surface area (Å²) in [7, 11) is 0. The summed E-state index contributed by atoms with van der Waals surface area (Å²) in [6, 6.07) is 0.236. The summed E-state index contributed by atoms with van der Waals surface area (Å²) in [6.07, 6.45) is 6.09. The molecule has 1 aromatic rings. The van der Waals surface area contributed by atoms with Crippen LogP contribution in [0.3, 0.4) is 0 Å². The zero-order valence-corrected chi connectivity index (χ0v) is 10.5. The molecule has 0 amide bonds. The molecule has 3 atom stereocenters. The average molecular weight is 222 g/mol. The van der Waals surface area contributed by atoms with Crippen molar-refractivity contribution < 1.29 is 5.11 Å². The molecule has 0 aromatic carbocycles. The first-order valence-corrected chi connectivity index (χ1v) is 6.31. The molecule has 1 fully saturated rings. The minimum atomic E-state index is -0.199. The minimum Gasteiger partial charge on any atom is -0.391 e. The molecule has 16 heavy (non-hydrogen) atoms. The van der Waals surface area contributed by atoms with Gasteiger partial charge in [0.05, 0.1) is 24.2 Å². The lowest BCUT2D eigenvalue weighted by molar-refractivity contribution is 0.0524. The Balaban J connectivity index is 2.21. The van der Waals surface area contributed by atoms with E-state index in [9.17, 15) is 5.11 Å². The van der Waals surface area contributed by atoms with Crippen LogP contribution in [0.5, 0.6) is 0 Å². The van der Waals surface area contributed by atoms with Crippen molar-refractivity contribution in [1.29, 1.82) is 0 Å². The normalized spacial score (nSPS) is 30.6. The fourth-order valence-electron chi connectivity index (χ4n) is 2.74. The van der Waals surface area contributed by atoms with Gasteiger partial charge in [0.1, 0.15) is 0 Å². The number of imidazole rings is 1. The SMILES string of the molecule is CCC1CCC(O)C(n2cnc(C)c2C)C1. The van der Waals surface area contributed by atoms with E-state index in [-0.39, 0.29) is 12.1 Å². The molecule has 3 heteroatoms. The van der Waals surface area contributed by atoms with Crippen LogP contribution in [0.2, 0.25) is 0 Å². The summed E-state index contributed by atoms with van der Waals surface area (Å²) in [5.41, 5.74) is 2.27. The van der Waals surface area contributed by atoms with Gasteiger partial charge in [0.15, 0.2) is 0 Å². The zero-order chi connectivity index (χ0) is 11.7. The molecule has 0 bridgehead atoms. The van der Waals surface area contributed by atoms with E-state index in [0.717, 1.165) is 24.5 Å². The summed E-state index contributed by atoms with van der Waals surface area (Å²) >= 11 is 0. The van der Waals surface area contributed by atoms with Crippen molar-refractivity contribution in [3.05, 3.63) is 17.7 Å². The third kappa shape index (κ3) is 2.01. The van der Waals surface area contributed by atoms with Gasteiger partial charge in [0.25, 0.3) is 0 Å². The number of rotatable bonds is 2. The van der Waals surface area contributed by atoms with Crippen LogP contribution >= 0.6 is 0 Å². The number of hydrogen-bond acceptors (Lipinski definition) is 2. The average Bonchev–Trinajstić information content (AvgIpc) is 2.61. The minimum absolute atomic E-state index is 0.199. The van der Waals surface area contributed by atoms with E-state index in [1.807, 2.05) is 13.3 Å². The molecule has 0 spiro atoms. The van der Waals surface area contributed by atoms with Crippen LogP contribution in [-0.2, 0) is 0 Å². The van der Waals surface area contributed by atoms with Crippen molar-refractivity contribution in [2.75, 3.05) is 0 Å². The number of nitrogens with zero attached hydrogens (tertiary/aromatic N) is 2. The molecular formula is C13H22N2O. The molecule has 90 valence electrons. The molecule has 1 N–H and O–H groups in total. The predicted octanol–water partition coefficient (Wildman–Crippen LogP) is 2.61. The van der Waals surface area contributed by atoms with Gasteiger partial charge < -0.3 is 9.67 Å². The van der Waals surface area contributed by atoms with Crippen LogP contribution in [0.1, 0.15) is 50.0 Å².